The fourth-order valence-electron chi connectivity index (χ4n) is 2.00. The van der Waals surface area contributed by atoms with Crippen LogP contribution >= 0.6 is 0 Å². The first kappa shape index (κ1) is 18.0. The summed E-state index contributed by atoms with van der Waals surface area (Å²) in [6.45, 7) is 6.41. The summed E-state index contributed by atoms with van der Waals surface area (Å²) >= 11 is 0. The van der Waals surface area contributed by atoms with E-state index in [-0.39, 0.29) is 18.4 Å². The Bertz CT molecular complexity index is 484. The molecule has 0 aromatic heterocycles. The fourth-order valence-corrected chi connectivity index (χ4v) is 2.00. The Morgan fingerprint density at radius 1 is 1.23 bits per heavy atom. The maximum absolute atomic E-state index is 11.7. The van der Waals surface area contributed by atoms with Crippen molar-refractivity contribution < 1.29 is 19.4 Å². The standard InChI is InChI=1S/C17H25NO4/c1-4-12(3)16(19)18-11-14(17(20)21)10-13-6-8-15(9-7-13)22-5-2/h6-9,12,14H,4-5,10-11H2,1-3H3,(H,18,19)(H,20,21). The van der Waals surface area contributed by atoms with Crippen molar-refractivity contribution in [2.45, 2.75) is 33.6 Å². The molecule has 1 aromatic carbocycles. The van der Waals surface area contributed by atoms with Crippen molar-refractivity contribution in [2.75, 3.05) is 13.2 Å². The molecule has 0 aliphatic rings. The maximum Gasteiger partial charge on any atom is 0.308 e. The molecule has 122 valence electrons. The van der Waals surface area contributed by atoms with Crippen molar-refractivity contribution in [3.8, 4) is 5.75 Å². The molecular weight excluding hydrogens is 282 g/mol. The molecule has 1 aromatic rings. The summed E-state index contributed by atoms with van der Waals surface area (Å²) < 4.78 is 5.36. The molecule has 5 heteroatoms. The predicted octanol–water partition coefficient (Wildman–Crippen LogP) is 2.49. The van der Waals surface area contributed by atoms with Crippen molar-refractivity contribution in [1.29, 1.82) is 0 Å². The van der Waals surface area contributed by atoms with E-state index in [0.717, 1.165) is 17.7 Å². The Kier molecular flexibility index (Phi) is 7.43. The first-order valence-electron chi connectivity index (χ1n) is 7.70. The van der Waals surface area contributed by atoms with Crippen LogP contribution in [0.1, 0.15) is 32.8 Å². The van der Waals surface area contributed by atoms with Crippen LogP contribution < -0.4 is 10.1 Å². The number of carboxylic acids is 1. The van der Waals surface area contributed by atoms with Gasteiger partial charge in [0.25, 0.3) is 0 Å². The Hall–Kier alpha value is -2.04. The number of benzene rings is 1. The number of carbonyl (C=O) groups is 2. The Labute approximate surface area is 131 Å². The summed E-state index contributed by atoms with van der Waals surface area (Å²) in [5.74, 6) is -0.965. The number of nitrogens with one attached hydrogen (secondary N) is 1. The van der Waals surface area contributed by atoms with Crippen LogP contribution in [-0.2, 0) is 16.0 Å². The van der Waals surface area contributed by atoms with Crippen molar-refractivity contribution in [2.24, 2.45) is 11.8 Å². The van der Waals surface area contributed by atoms with Gasteiger partial charge in [0.15, 0.2) is 0 Å². The monoisotopic (exact) mass is 307 g/mol. The predicted molar refractivity (Wildman–Crippen MR) is 84.9 cm³/mol. The lowest BCUT2D eigenvalue weighted by molar-refractivity contribution is -0.141. The number of carbonyl (C=O) groups excluding carboxylic acids is 1. The van der Waals surface area contributed by atoms with E-state index in [1.807, 2.05) is 45.0 Å². The van der Waals surface area contributed by atoms with Crippen LogP contribution in [0.5, 0.6) is 5.75 Å². The van der Waals surface area contributed by atoms with Gasteiger partial charge < -0.3 is 15.2 Å². The van der Waals surface area contributed by atoms with Gasteiger partial charge in [0.1, 0.15) is 5.75 Å². The van der Waals surface area contributed by atoms with Crippen molar-refractivity contribution >= 4 is 11.9 Å². The lowest BCUT2D eigenvalue weighted by Gasteiger charge is -2.16. The van der Waals surface area contributed by atoms with E-state index in [2.05, 4.69) is 5.32 Å². The Morgan fingerprint density at radius 3 is 2.36 bits per heavy atom. The highest BCUT2D eigenvalue weighted by molar-refractivity contribution is 5.79. The normalized spacial score (nSPS) is 13.2. The smallest absolute Gasteiger partial charge is 0.308 e. The third-order valence-electron chi connectivity index (χ3n) is 3.65. The lowest BCUT2D eigenvalue weighted by atomic mass is 9.99. The van der Waals surface area contributed by atoms with E-state index in [0.29, 0.717) is 13.0 Å². The highest BCUT2D eigenvalue weighted by Gasteiger charge is 2.20. The lowest BCUT2D eigenvalue weighted by Crippen LogP contribution is -2.36. The van der Waals surface area contributed by atoms with Gasteiger partial charge in [-0.2, -0.15) is 0 Å². The minimum absolute atomic E-state index is 0.0968. The number of amides is 1. The zero-order chi connectivity index (χ0) is 16.5. The van der Waals surface area contributed by atoms with Gasteiger partial charge >= 0.3 is 5.97 Å². The zero-order valence-electron chi connectivity index (χ0n) is 13.5. The van der Waals surface area contributed by atoms with Crippen LogP contribution in [0.25, 0.3) is 0 Å². The molecule has 2 atom stereocenters. The maximum atomic E-state index is 11.7. The van der Waals surface area contributed by atoms with Gasteiger partial charge in [0, 0.05) is 12.5 Å². The highest BCUT2D eigenvalue weighted by Crippen LogP contribution is 2.15. The van der Waals surface area contributed by atoms with E-state index in [4.69, 9.17) is 4.74 Å². The van der Waals surface area contributed by atoms with Crippen LogP contribution in [0.3, 0.4) is 0 Å². The molecular formula is C17H25NO4. The molecule has 0 radical (unpaired) electrons. The second kappa shape index (κ2) is 9.07. The number of carboxylic acid groups (broad SMARTS) is 1. The van der Waals surface area contributed by atoms with Crippen LogP contribution in [0, 0.1) is 11.8 Å². The molecule has 0 fully saturated rings. The average Bonchev–Trinajstić information content (AvgIpc) is 2.51. The molecule has 2 N–H and O–H groups in total. The quantitative estimate of drug-likeness (QED) is 0.735. The molecule has 0 heterocycles. The molecule has 2 unspecified atom stereocenters. The van der Waals surface area contributed by atoms with E-state index in [1.165, 1.54) is 0 Å². The molecule has 0 spiro atoms. The third-order valence-corrected chi connectivity index (χ3v) is 3.65. The van der Waals surface area contributed by atoms with Gasteiger partial charge in [-0.15, -0.1) is 0 Å². The number of rotatable bonds is 9. The summed E-state index contributed by atoms with van der Waals surface area (Å²) in [4.78, 5) is 23.1. The number of aliphatic carboxylic acids is 1. The van der Waals surface area contributed by atoms with E-state index in [1.54, 1.807) is 0 Å². The molecule has 0 aliphatic heterocycles. The highest BCUT2D eigenvalue weighted by atomic mass is 16.5. The fraction of sp³-hybridized carbons (Fsp3) is 0.529. The SMILES string of the molecule is CCOc1ccc(CC(CNC(=O)C(C)CC)C(=O)O)cc1. The topological polar surface area (TPSA) is 75.6 Å². The van der Waals surface area contributed by atoms with Crippen molar-refractivity contribution in [1.82, 2.24) is 5.32 Å². The van der Waals surface area contributed by atoms with Gasteiger partial charge in [-0.3, -0.25) is 9.59 Å². The van der Waals surface area contributed by atoms with E-state index >= 15 is 0 Å². The first-order valence-corrected chi connectivity index (χ1v) is 7.70. The minimum Gasteiger partial charge on any atom is -0.494 e. The number of ether oxygens (including phenoxy) is 1. The molecule has 0 saturated heterocycles. The van der Waals surface area contributed by atoms with Gasteiger partial charge in [-0.1, -0.05) is 26.0 Å². The molecule has 1 rings (SSSR count). The van der Waals surface area contributed by atoms with Crippen molar-refractivity contribution in [3.05, 3.63) is 29.8 Å². The van der Waals surface area contributed by atoms with E-state index < -0.39 is 11.9 Å². The average molecular weight is 307 g/mol. The second-order valence-electron chi connectivity index (χ2n) is 5.37. The summed E-state index contributed by atoms with van der Waals surface area (Å²) in [6, 6.07) is 7.37. The molecule has 0 saturated carbocycles. The van der Waals surface area contributed by atoms with E-state index in [9.17, 15) is 14.7 Å². The minimum atomic E-state index is -0.904. The molecule has 5 nitrogen and oxygen atoms in total. The van der Waals surface area contributed by atoms with Crippen LogP contribution in [0.15, 0.2) is 24.3 Å². The van der Waals surface area contributed by atoms with Crippen molar-refractivity contribution in [3.63, 3.8) is 0 Å². The van der Waals surface area contributed by atoms with Gasteiger partial charge in [0.05, 0.1) is 12.5 Å². The summed E-state index contributed by atoms with van der Waals surface area (Å²) in [6.07, 6.45) is 1.12. The molecule has 1 amide bonds. The molecule has 0 aliphatic carbocycles. The zero-order valence-corrected chi connectivity index (χ0v) is 13.5. The van der Waals surface area contributed by atoms with Crippen LogP contribution in [0.2, 0.25) is 0 Å². The van der Waals surface area contributed by atoms with Crippen LogP contribution in [-0.4, -0.2) is 30.1 Å². The second-order valence-corrected chi connectivity index (χ2v) is 5.37. The molecule has 22 heavy (non-hydrogen) atoms. The van der Waals surface area contributed by atoms with Gasteiger partial charge in [-0.25, -0.2) is 0 Å². The Morgan fingerprint density at radius 2 is 1.86 bits per heavy atom. The number of hydrogen-bond donors (Lipinski definition) is 2. The summed E-state index contributed by atoms with van der Waals surface area (Å²) in [5.41, 5.74) is 0.911. The number of hydrogen-bond acceptors (Lipinski definition) is 3. The summed E-state index contributed by atoms with van der Waals surface area (Å²) in [5, 5.41) is 12.0. The van der Waals surface area contributed by atoms with Gasteiger partial charge in [-0.05, 0) is 37.5 Å². The molecule has 0 bridgehead atoms. The van der Waals surface area contributed by atoms with Crippen LogP contribution in [0.4, 0.5) is 0 Å². The van der Waals surface area contributed by atoms with Gasteiger partial charge in [0.2, 0.25) is 5.91 Å². The third kappa shape index (κ3) is 5.76. The Balaban J connectivity index is 2.60. The first-order chi connectivity index (χ1) is 10.5. The summed E-state index contributed by atoms with van der Waals surface area (Å²) in [7, 11) is 0. The largest absolute Gasteiger partial charge is 0.494 e.